The summed E-state index contributed by atoms with van der Waals surface area (Å²) in [7, 11) is 0. The molecule has 1 aliphatic carbocycles. The average Bonchev–Trinajstić information content (AvgIpc) is 2.53. The lowest BCUT2D eigenvalue weighted by molar-refractivity contribution is -0.155. The van der Waals surface area contributed by atoms with Crippen molar-refractivity contribution in [3.8, 4) is 6.07 Å². The molecule has 2 rings (SSSR count). The molecule has 1 heterocycles. The molecule has 0 aromatic rings. The molecule has 5 nitrogen and oxygen atoms in total. The molecule has 2 fully saturated rings. The van der Waals surface area contributed by atoms with Crippen LogP contribution in [-0.4, -0.2) is 48.8 Å². The van der Waals surface area contributed by atoms with Gasteiger partial charge >= 0.3 is 0 Å². The van der Waals surface area contributed by atoms with E-state index in [-0.39, 0.29) is 12.0 Å². The molecule has 2 atom stereocenters. The summed E-state index contributed by atoms with van der Waals surface area (Å²) in [4.78, 5) is 14.2. The van der Waals surface area contributed by atoms with Crippen LogP contribution >= 0.6 is 0 Å². The van der Waals surface area contributed by atoms with Gasteiger partial charge in [-0.3, -0.25) is 4.79 Å². The minimum atomic E-state index is -0.472. The first kappa shape index (κ1) is 15.3. The van der Waals surface area contributed by atoms with Gasteiger partial charge in [0.1, 0.15) is 12.1 Å². The Bertz CT molecular complexity index is 361. The number of carbonyl (C=O) groups is 1. The summed E-state index contributed by atoms with van der Waals surface area (Å²) in [5.41, 5.74) is 0. The molecule has 1 saturated carbocycles. The summed E-state index contributed by atoms with van der Waals surface area (Å²) in [6.07, 6.45) is 6.20. The van der Waals surface area contributed by atoms with E-state index in [1.165, 1.54) is 19.3 Å². The maximum absolute atomic E-state index is 12.6. The van der Waals surface area contributed by atoms with Crippen molar-refractivity contribution in [1.29, 1.82) is 5.26 Å². The first-order valence-electron chi connectivity index (χ1n) is 7.69. The summed E-state index contributed by atoms with van der Waals surface area (Å²) in [6.45, 7) is 3.26. The number of nitriles is 1. The van der Waals surface area contributed by atoms with Gasteiger partial charge in [0.15, 0.2) is 0 Å². The molecule has 2 aliphatic rings. The lowest BCUT2D eigenvalue weighted by Gasteiger charge is -2.35. The normalized spacial score (nSPS) is 26.0. The number of amides is 1. The number of ether oxygens (including phenoxy) is 2. The highest BCUT2D eigenvalue weighted by molar-refractivity contribution is 5.81. The molecular weight excluding hydrogens is 256 g/mol. The standard InChI is InChI=1S/C15H24N2O3/c1-2-14(20-13-6-4-3-5-7-13)15(18)17-8-9-19-11-12(17)10-16/h12-14H,2-9,11H2,1H3. The van der Waals surface area contributed by atoms with Crippen LogP contribution in [-0.2, 0) is 14.3 Å². The van der Waals surface area contributed by atoms with Crippen LogP contribution in [0.5, 0.6) is 0 Å². The smallest absolute Gasteiger partial charge is 0.252 e. The van der Waals surface area contributed by atoms with Crippen LogP contribution in [0.2, 0.25) is 0 Å². The van der Waals surface area contributed by atoms with Crippen molar-refractivity contribution in [2.75, 3.05) is 19.8 Å². The lowest BCUT2D eigenvalue weighted by Crippen LogP contribution is -2.52. The topological polar surface area (TPSA) is 62.6 Å². The van der Waals surface area contributed by atoms with Crippen LogP contribution in [0.3, 0.4) is 0 Å². The van der Waals surface area contributed by atoms with Gasteiger partial charge in [0, 0.05) is 6.54 Å². The Morgan fingerprint density at radius 1 is 1.45 bits per heavy atom. The highest BCUT2D eigenvalue weighted by atomic mass is 16.5. The van der Waals surface area contributed by atoms with E-state index < -0.39 is 12.1 Å². The minimum Gasteiger partial charge on any atom is -0.376 e. The minimum absolute atomic E-state index is 0.0482. The summed E-state index contributed by atoms with van der Waals surface area (Å²) < 4.78 is 11.3. The molecule has 0 aromatic carbocycles. The van der Waals surface area contributed by atoms with Gasteiger partial charge in [-0.2, -0.15) is 5.26 Å². The zero-order valence-corrected chi connectivity index (χ0v) is 12.2. The fourth-order valence-corrected chi connectivity index (χ4v) is 2.92. The van der Waals surface area contributed by atoms with Gasteiger partial charge in [0.2, 0.25) is 0 Å². The van der Waals surface area contributed by atoms with Crippen molar-refractivity contribution in [3.63, 3.8) is 0 Å². The molecule has 1 saturated heterocycles. The first-order valence-corrected chi connectivity index (χ1v) is 7.69. The molecule has 0 bridgehead atoms. The molecule has 0 radical (unpaired) electrons. The zero-order chi connectivity index (χ0) is 14.4. The fourth-order valence-electron chi connectivity index (χ4n) is 2.92. The molecule has 1 aliphatic heterocycles. The maximum atomic E-state index is 12.6. The van der Waals surface area contributed by atoms with E-state index >= 15 is 0 Å². The second kappa shape index (κ2) is 7.61. The van der Waals surface area contributed by atoms with Crippen LogP contribution < -0.4 is 0 Å². The van der Waals surface area contributed by atoms with Crippen molar-refractivity contribution >= 4 is 5.91 Å². The fraction of sp³-hybridized carbons (Fsp3) is 0.867. The van der Waals surface area contributed by atoms with E-state index in [4.69, 9.17) is 14.7 Å². The molecule has 2 unspecified atom stereocenters. The largest absolute Gasteiger partial charge is 0.376 e. The van der Waals surface area contributed by atoms with Gasteiger partial charge in [0.05, 0.1) is 25.4 Å². The molecule has 0 aromatic heterocycles. The Morgan fingerprint density at radius 3 is 2.85 bits per heavy atom. The summed E-state index contributed by atoms with van der Waals surface area (Å²) in [5.74, 6) is -0.0482. The molecule has 1 amide bonds. The second-order valence-electron chi connectivity index (χ2n) is 5.54. The van der Waals surface area contributed by atoms with E-state index in [0.717, 1.165) is 12.8 Å². The summed E-state index contributed by atoms with van der Waals surface area (Å²) in [6, 6.07) is 1.67. The maximum Gasteiger partial charge on any atom is 0.252 e. The Morgan fingerprint density at radius 2 is 2.20 bits per heavy atom. The van der Waals surface area contributed by atoms with E-state index in [0.29, 0.717) is 26.2 Å². The van der Waals surface area contributed by atoms with Crippen LogP contribution in [0.25, 0.3) is 0 Å². The van der Waals surface area contributed by atoms with Crippen LogP contribution in [0.4, 0.5) is 0 Å². The van der Waals surface area contributed by atoms with Crippen molar-refractivity contribution in [2.45, 2.75) is 63.7 Å². The van der Waals surface area contributed by atoms with Crippen LogP contribution in [0.15, 0.2) is 0 Å². The second-order valence-corrected chi connectivity index (χ2v) is 5.54. The van der Waals surface area contributed by atoms with Crippen LogP contribution in [0.1, 0.15) is 45.4 Å². The van der Waals surface area contributed by atoms with E-state index in [9.17, 15) is 4.79 Å². The van der Waals surface area contributed by atoms with E-state index in [1.54, 1.807) is 4.90 Å². The highest BCUT2D eigenvalue weighted by Crippen LogP contribution is 2.23. The van der Waals surface area contributed by atoms with E-state index in [1.807, 2.05) is 6.92 Å². The van der Waals surface area contributed by atoms with Gasteiger partial charge < -0.3 is 14.4 Å². The van der Waals surface area contributed by atoms with Gasteiger partial charge in [-0.05, 0) is 19.3 Å². The van der Waals surface area contributed by atoms with E-state index in [2.05, 4.69) is 6.07 Å². The Kier molecular flexibility index (Phi) is 5.81. The highest BCUT2D eigenvalue weighted by Gasteiger charge is 2.33. The molecular formula is C15H24N2O3. The zero-order valence-electron chi connectivity index (χ0n) is 12.2. The Labute approximate surface area is 120 Å². The predicted molar refractivity (Wildman–Crippen MR) is 74.0 cm³/mol. The van der Waals surface area contributed by atoms with Gasteiger partial charge in [-0.15, -0.1) is 0 Å². The van der Waals surface area contributed by atoms with Crippen molar-refractivity contribution in [1.82, 2.24) is 4.90 Å². The monoisotopic (exact) mass is 280 g/mol. The third-order valence-electron chi connectivity index (χ3n) is 4.12. The number of carbonyl (C=O) groups excluding carboxylic acids is 1. The quantitative estimate of drug-likeness (QED) is 0.788. The number of hydrogen-bond donors (Lipinski definition) is 0. The summed E-state index contributed by atoms with van der Waals surface area (Å²) >= 11 is 0. The van der Waals surface area contributed by atoms with Crippen molar-refractivity contribution < 1.29 is 14.3 Å². The third-order valence-corrected chi connectivity index (χ3v) is 4.12. The van der Waals surface area contributed by atoms with Gasteiger partial charge in [-0.25, -0.2) is 0 Å². The van der Waals surface area contributed by atoms with Crippen molar-refractivity contribution in [3.05, 3.63) is 0 Å². The molecule has 5 heteroatoms. The number of hydrogen-bond acceptors (Lipinski definition) is 4. The molecule has 20 heavy (non-hydrogen) atoms. The average molecular weight is 280 g/mol. The SMILES string of the molecule is CCC(OC1CCCCC1)C(=O)N1CCOCC1C#N. The molecule has 0 N–H and O–H groups in total. The predicted octanol–water partition coefficient (Wildman–Crippen LogP) is 1.87. The lowest BCUT2D eigenvalue weighted by atomic mass is 9.97. The number of nitrogens with zero attached hydrogens (tertiary/aromatic N) is 2. The van der Waals surface area contributed by atoms with Crippen LogP contribution in [0, 0.1) is 11.3 Å². The Balaban J connectivity index is 1.94. The number of morpholine rings is 1. The number of rotatable bonds is 4. The molecule has 0 spiro atoms. The third kappa shape index (κ3) is 3.71. The van der Waals surface area contributed by atoms with Gasteiger partial charge in [0.25, 0.3) is 5.91 Å². The first-order chi connectivity index (χ1) is 9.76. The Hall–Kier alpha value is -1.12. The summed E-state index contributed by atoms with van der Waals surface area (Å²) in [5, 5.41) is 9.12. The molecule has 112 valence electrons. The van der Waals surface area contributed by atoms with Gasteiger partial charge in [-0.1, -0.05) is 26.2 Å². The van der Waals surface area contributed by atoms with Crippen molar-refractivity contribution in [2.24, 2.45) is 0 Å².